The van der Waals surface area contributed by atoms with E-state index in [1.165, 1.54) is 0 Å². The van der Waals surface area contributed by atoms with Crippen LogP contribution in [0.15, 0.2) is 10.5 Å². The van der Waals surface area contributed by atoms with Gasteiger partial charge in [-0.05, 0) is 13.8 Å². The number of hydrogen-bond donors (Lipinski definition) is 1. The lowest BCUT2D eigenvalue weighted by Gasteiger charge is -1.87. The molecule has 0 aliphatic heterocycles. The molecule has 0 unspecified atom stereocenters. The predicted molar refractivity (Wildman–Crippen MR) is 43.2 cm³/mol. The first kappa shape index (κ1) is 7.21. The van der Waals surface area contributed by atoms with Crippen LogP contribution in [0, 0.1) is 6.92 Å². The summed E-state index contributed by atoms with van der Waals surface area (Å²) in [7, 11) is 0. The average Bonchev–Trinajstić information content (AvgIpc) is 2.34. The molecule has 1 aromatic rings. The van der Waals surface area contributed by atoms with Crippen molar-refractivity contribution < 1.29 is 0 Å². The van der Waals surface area contributed by atoms with Gasteiger partial charge in [0.25, 0.3) is 0 Å². The Labute approximate surface area is 63.6 Å². The number of aromatic nitrogens is 1. The Morgan fingerprint density at radius 1 is 1.80 bits per heavy atom. The van der Waals surface area contributed by atoms with Crippen molar-refractivity contribution in [2.45, 2.75) is 13.8 Å². The molecule has 0 radical (unpaired) electrons. The van der Waals surface area contributed by atoms with Gasteiger partial charge in [-0.1, -0.05) is 0 Å². The zero-order valence-corrected chi connectivity index (χ0v) is 6.77. The maximum Gasteiger partial charge on any atom is 0.139 e. The third kappa shape index (κ3) is 1.33. The Morgan fingerprint density at radius 2 is 2.50 bits per heavy atom. The van der Waals surface area contributed by atoms with Crippen LogP contribution in [0.4, 0.5) is 0 Å². The summed E-state index contributed by atoms with van der Waals surface area (Å²) in [6, 6.07) is 0. The van der Waals surface area contributed by atoms with Gasteiger partial charge in [-0.15, -0.1) is 11.3 Å². The molecule has 0 spiro atoms. The predicted octanol–water partition coefficient (Wildman–Crippen LogP) is 1.13. The first-order chi connectivity index (χ1) is 4.74. The number of nitrogens with zero attached hydrogens (tertiary/aromatic N) is 2. The van der Waals surface area contributed by atoms with Gasteiger partial charge < -0.3 is 5.84 Å². The van der Waals surface area contributed by atoms with E-state index in [2.05, 4.69) is 10.1 Å². The molecule has 0 amide bonds. The second-order valence-electron chi connectivity index (χ2n) is 2.01. The van der Waals surface area contributed by atoms with Crippen molar-refractivity contribution in [3.8, 4) is 0 Å². The van der Waals surface area contributed by atoms with Crippen LogP contribution in [0.1, 0.15) is 17.6 Å². The molecule has 3 nitrogen and oxygen atoms in total. The van der Waals surface area contributed by atoms with Crippen LogP contribution in [-0.4, -0.2) is 10.7 Å². The van der Waals surface area contributed by atoms with E-state index < -0.39 is 0 Å². The van der Waals surface area contributed by atoms with E-state index in [0.29, 0.717) is 0 Å². The van der Waals surface area contributed by atoms with E-state index in [4.69, 9.17) is 5.84 Å². The highest BCUT2D eigenvalue weighted by Crippen LogP contribution is 2.08. The standard InChI is InChI=1S/C6H9N3S/c1-4-3-10-6(8-4)5(2)9-7/h3H,7H2,1-2H3/b9-5+. The quantitative estimate of drug-likeness (QED) is 0.375. The molecule has 2 N–H and O–H groups in total. The summed E-state index contributed by atoms with van der Waals surface area (Å²) >= 11 is 1.56. The minimum absolute atomic E-state index is 0.790. The summed E-state index contributed by atoms with van der Waals surface area (Å²) in [6.07, 6.45) is 0. The number of thiazole rings is 1. The first-order valence-electron chi connectivity index (χ1n) is 2.91. The zero-order valence-electron chi connectivity index (χ0n) is 5.96. The van der Waals surface area contributed by atoms with Crippen LogP contribution in [-0.2, 0) is 0 Å². The van der Waals surface area contributed by atoms with Crippen LogP contribution in [0.2, 0.25) is 0 Å². The molecule has 0 saturated carbocycles. The molecule has 1 aromatic heterocycles. The van der Waals surface area contributed by atoms with Crippen molar-refractivity contribution in [2.24, 2.45) is 10.9 Å². The number of nitrogens with two attached hydrogens (primary N) is 1. The van der Waals surface area contributed by atoms with Crippen LogP contribution < -0.4 is 5.84 Å². The monoisotopic (exact) mass is 155 g/mol. The van der Waals surface area contributed by atoms with Gasteiger partial charge in [-0.2, -0.15) is 5.10 Å². The molecular formula is C6H9N3S. The molecule has 0 saturated heterocycles. The first-order valence-corrected chi connectivity index (χ1v) is 3.79. The Kier molecular flexibility index (Phi) is 2.01. The molecule has 0 fully saturated rings. The van der Waals surface area contributed by atoms with Gasteiger partial charge in [0, 0.05) is 11.1 Å². The second kappa shape index (κ2) is 2.79. The van der Waals surface area contributed by atoms with Crippen LogP contribution in [0.3, 0.4) is 0 Å². The topological polar surface area (TPSA) is 51.3 Å². The molecule has 0 atom stereocenters. The summed E-state index contributed by atoms with van der Waals surface area (Å²) in [4.78, 5) is 4.19. The molecule has 1 heterocycles. The third-order valence-corrected chi connectivity index (χ3v) is 2.19. The number of rotatable bonds is 1. The van der Waals surface area contributed by atoms with Crippen molar-refractivity contribution in [2.75, 3.05) is 0 Å². The Balaban J connectivity index is 2.95. The van der Waals surface area contributed by atoms with Crippen molar-refractivity contribution in [3.63, 3.8) is 0 Å². The highest BCUT2D eigenvalue weighted by atomic mass is 32.1. The zero-order chi connectivity index (χ0) is 7.56. The smallest absolute Gasteiger partial charge is 0.139 e. The van der Waals surface area contributed by atoms with E-state index in [1.54, 1.807) is 11.3 Å². The summed E-state index contributed by atoms with van der Waals surface area (Å²) in [5, 5.41) is 6.42. The number of hydrazone groups is 1. The second-order valence-corrected chi connectivity index (χ2v) is 2.87. The lowest BCUT2D eigenvalue weighted by Crippen LogP contribution is -1.97. The fraction of sp³-hybridized carbons (Fsp3) is 0.333. The van der Waals surface area contributed by atoms with Gasteiger partial charge >= 0.3 is 0 Å². The van der Waals surface area contributed by atoms with Crippen molar-refractivity contribution >= 4 is 17.0 Å². The highest BCUT2D eigenvalue weighted by Gasteiger charge is 2.00. The van der Waals surface area contributed by atoms with Crippen molar-refractivity contribution in [1.29, 1.82) is 0 Å². The van der Waals surface area contributed by atoms with Gasteiger partial charge in [-0.3, -0.25) is 0 Å². The maximum atomic E-state index is 5.07. The van der Waals surface area contributed by atoms with Gasteiger partial charge in [0.1, 0.15) is 5.01 Å². The maximum absolute atomic E-state index is 5.07. The summed E-state index contributed by atoms with van der Waals surface area (Å²) in [6.45, 7) is 3.79. The number of aryl methyl sites for hydroxylation is 1. The molecule has 0 aliphatic rings. The van der Waals surface area contributed by atoms with E-state index in [0.717, 1.165) is 16.4 Å². The molecule has 4 heteroatoms. The van der Waals surface area contributed by atoms with E-state index in [9.17, 15) is 0 Å². The molecule has 0 bridgehead atoms. The summed E-state index contributed by atoms with van der Waals surface area (Å²) in [5.41, 5.74) is 1.81. The Hall–Kier alpha value is -0.900. The molecule has 1 rings (SSSR count). The molecule has 54 valence electrons. The Bertz CT molecular complexity index is 251. The Morgan fingerprint density at radius 3 is 2.90 bits per heavy atom. The number of hydrogen-bond acceptors (Lipinski definition) is 4. The third-order valence-electron chi connectivity index (χ3n) is 1.12. The summed E-state index contributed by atoms with van der Waals surface area (Å²) < 4.78 is 0. The van der Waals surface area contributed by atoms with Gasteiger partial charge in [0.15, 0.2) is 0 Å². The van der Waals surface area contributed by atoms with Crippen LogP contribution in [0.25, 0.3) is 0 Å². The lowest BCUT2D eigenvalue weighted by molar-refractivity contribution is 1.20. The largest absolute Gasteiger partial charge is 0.323 e. The fourth-order valence-electron chi connectivity index (χ4n) is 0.575. The van der Waals surface area contributed by atoms with Crippen LogP contribution >= 0.6 is 11.3 Å². The fourth-order valence-corrected chi connectivity index (χ4v) is 1.33. The minimum atomic E-state index is 0.790. The van der Waals surface area contributed by atoms with E-state index in [1.807, 2.05) is 19.2 Å². The minimum Gasteiger partial charge on any atom is -0.323 e. The average molecular weight is 155 g/mol. The molecule has 10 heavy (non-hydrogen) atoms. The van der Waals surface area contributed by atoms with Gasteiger partial charge in [0.2, 0.25) is 0 Å². The lowest BCUT2D eigenvalue weighted by atomic mass is 10.4. The van der Waals surface area contributed by atoms with Gasteiger partial charge in [0.05, 0.1) is 5.71 Å². The molecular weight excluding hydrogens is 146 g/mol. The van der Waals surface area contributed by atoms with E-state index >= 15 is 0 Å². The van der Waals surface area contributed by atoms with Crippen molar-refractivity contribution in [3.05, 3.63) is 16.1 Å². The molecule has 0 aromatic carbocycles. The van der Waals surface area contributed by atoms with Crippen LogP contribution in [0.5, 0.6) is 0 Å². The van der Waals surface area contributed by atoms with Crippen molar-refractivity contribution in [1.82, 2.24) is 4.98 Å². The van der Waals surface area contributed by atoms with E-state index in [-0.39, 0.29) is 0 Å². The SMILES string of the molecule is C/C(=N\N)c1nc(C)cs1. The highest BCUT2D eigenvalue weighted by molar-refractivity contribution is 7.11. The molecule has 0 aliphatic carbocycles. The summed E-state index contributed by atoms with van der Waals surface area (Å²) in [5.74, 6) is 5.07. The van der Waals surface area contributed by atoms with Gasteiger partial charge in [-0.25, -0.2) is 4.98 Å². The normalized spacial score (nSPS) is 12.0.